The molecule has 0 aromatic heterocycles. The molecule has 62 valence electrons. The maximum absolute atomic E-state index is 8.35. The van der Waals surface area contributed by atoms with E-state index in [2.05, 4.69) is 33.5 Å². The van der Waals surface area contributed by atoms with Crippen LogP contribution in [0, 0.1) is 10.7 Å². The van der Waals surface area contributed by atoms with Crippen LogP contribution in [0.4, 0.5) is 0 Å². The molecule has 3 heteroatoms. The van der Waals surface area contributed by atoms with Gasteiger partial charge in [-0.2, -0.15) is 5.26 Å². The van der Waals surface area contributed by atoms with Gasteiger partial charge in [-0.1, -0.05) is 46.3 Å². The first-order valence-corrected chi connectivity index (χ1v) is 5.44. The maximum Gasteiger partial charge on any atom is 0.133 e. The Morgan fingerprint density at radius 2 is 2.08 bits per heavy atom. The average Bonchev–Trinajstić information content (AvgIpc) is 2.15. The van der Waals surface area contributed by atoms with E-state index >= 15 is 0 Å². The summed E-state index contributed by atoms with van der Waals surface area (Å²) in [5.74, 6) is 0.792. The minimum atomic E-state index is 0.281. The highest BCUT2D eigenvalue weighted by Gasteiger charge is 2.05. The van der Waals surface area contributed by atoms with Crippen molar-refractivity contribution < 1.29 is 0 Å². The van der Waals surface area contributed by atoms with Crippen LogP contribution in [-0.4, -0.2) is 5.75 Å². The smallest absolute Gasteiger partial charge is 0.133 e. The van der Waals surface area contributed by atoms with Gasteiger partial charge in [-0.05, 0) is 17.3 Å². The Morgan fingerprint density at radius 1 is 1.42 bits per heavy atom. The van der Waals surface area contributed by atoms with Crippen LogP contribution in [0.2, 0.25) is 0 Å². The Hall–Kier alpha value is -0.460. The molecule has 0 aliphatic rings. The highest BCUT2D eigenvalue weighted by molar-refractivity contribution is 9.09. The molecule has 0 aliphatic carbocycles. The van der Waals surface area contributed by atoms with Crippen LogP contribution < -0.4 is 0 Å². The van der Waals surface area contributed by atoms with Gasteiger partial charge in [0, 0.05) is 10.6 Å². The number of hydrogen-bond donors (Lipinski definition) is 0. The fraction of sp³-hybridized carbons (Fsp3) is 0.222. The summed E-state index contributed by atoms with van der Waals surface area (Å²) in [5, 5.41) is 10.4. The number of nitrogens with zero attached hydrogens (tertiary/aromatic N) is 1. The molecule has 0 heterocycles. The van der Waals surface area contributed by atoms with Crippen molar-refractivity contribution in [2.75, 3.05) is 5.75 Å². The zero-order chi connectivity index (χ0) is 8.81. The lowest BCUT2D eigenvalue weighted by atomic mass is 10.2. The van der Waals surface area contributed by atoms with E-state index in [4.69, 9.17) is 5.26 Å². The maximum atomic E-state index is 8.35. The van der Waals surface area contributed by atoms with E-state index in [0.29, 0.717) is 0 Å². The molecule has 1 nitrogen and oxygen atoms in total. The van der Waals surface area contributed by atoms with E-state index in [0.717, 1.165) is 5.75 Å². The summed E-state index contributed by atoms with van der Waals surface area (Å²) in [4.78, 5) is 0.281. The molecule has 0 aliphatic heterocycles. The first-order valence-electron chi connectivity index (χ1n) is 3.54. The summed E-state index contributed by atoms with van der Waals surface area (Å²) >= 11 is 4.78. The van der Waals surface area contributed by atoms with Gasteiger partial charge >= 0.3 is 0 Å². The van der Waals surface area contributed by atoms with E-state index in [9.17, 15) is 0 Å². The van der Waals surface area contributed by atoms with Crippen LogP contribution >= 0.6 is 27.7 Å². The molecule has 0 saturated heterocycles. The van der Waals surface area contributed by atoms with Gasteiger partial charge < -0.3 is 0 Å². The molecule has 0 N–H and O–H groups in total. The highest BCUT2D eigenvalue weighted by Crippen LogP contribution is 2.25. The van der Waals surface area contributed by atoms with E-state index in [-0.39, 0.29) is 4.83 Å². The zero-order valence-electron chi connectivity index (χ0n) is 6.40. The van der Waals surface area contributed by atoms with Gasteiger partial charge in [-0.15, -0.1) is 0 Å². The lowest BCUT2D eigenvalue weighted by molar-refractivity contribution is 1.14. The largest absolute Gasteiger partial charge is 0.185 e. The Kier molecular flexibility index (Phi) is 4.20. The van der Waals surface area contributed by atoms with Crippen molar-refractivity contribution in [3.63, 3.8) is 0 Å². The summed E-state index contributed by atoms with van der Waals surface area (Å²) < 4.78 is 0. The molecular weight excluding hydrogens is 234 g/mol. The van der Waals surface area contributed by atoms with Crippen molar-refractivity contribution in [3.8, 4) is 5.40 Å². The van der Waals surface area contributed by atoms with Gasteiger partial charge in [0.1, 0.15) is 5.40 Å². The molecule has 1 atom stereocenters. The second kappa shape index (κ2) is 5.23. The lowest BCUT2D eigenvalue weighted by Gasteiger charge is -2.05. The highest BCUT2D eigenvalue weighted by atomic mass is 79.9. The molecule has 12 heavy (non-hydrogen) atoms. The zero-order valence-corrected chi connectivity index (χ0v) is 8.81. The van der Waals surface area contributed by atoms with E-state index in [1.54, 1.807) is 0 Å². The van der Waals surface area contributed by atoms with Crippen LogP contribution in [0.15, 0.2) is 30.3 Å². The number of rotatable bonds is 3. The molecular formula is C9H8BrNS. The number of thiocyanates is 1. The Balaban J connectivity index is 2.55. The van der Waals surface area contributed by atoms with Gasteiger partial charge in [-0.3, -0.25) is 0 Å². The van der Waals surface area contributed by atoms with Crippen LogP contribution in [0.5, 0.6) is 0 Å². The molecule has 1 rings (SSSR count). The standard InChI is InChI=1S/C9H8BrNS/c10-9(6-12-7-11)8-4-2-1-3-5-8/h1-5,9H,6H2. The van der Waals surface area contributed by atoms with Gasteiger partial charge in [-0.25, -0.2) is 0 Å². The Bertz CT molecular complexity index is 268. The Labute approximate surface area is 84.9 Å². The van der Waals surface area contributed by atoms with Crippen molar-refractivity contribution in [2.45, 2.75) is 4.83 Å². The number of alkyl halides is 1. The minimum Gasteiger partial charge on any atom is -0.185 e. The van der Waals surface area contributed by atoms with E-state index in [1.807, 2.05) is 18.2 Å². The Morgan fingerprint density at radius 3 is 2.67 bits per heavy atom. The van der Waals surface area contributed by atoms with Gasteiger partial charge in [0.15, 0.2) is 0 Å². The second-order valence-electron chi connectivity index (χ2n) is 2.28. The van der Waals surface area contributed by atoms with Crippen molar-refractivity contribution >= 4 is 27.7 Å². The number of thioether (sulfide) groups is 1. The normalized spacial score (nSPS) is 12.0. The van der Waals surface area contributed by atoms with E-state index < -0.39 is 0 Å². The van der Waals surface area contributed by atoms with Crippen LogP contribution in [0.25, 0.3) is 0 Å². The van der Waals surface area contributed by atoms with Crippen LogP contribution in [0.3, 0.4) is 0 Å². The summed E-state index contributed by atoms with van der Waals surface area (Å²) in [6.45, 7) is 0. The molecule has 0 bridgehead atoms. The monoisotopic (exact) mass is 241 g/mol. The van der Waals surface area contributed by atoms with Crippen molar-refractivity contribution in [2.24, 2.45) is 0 Å². The van der Waals surface area contributed by atoms with Crippen molar-refractivity contribution in [1.82, 2.24) is 0 Å². The molecule has 0 spiro atoms. The minimum absolute atomic E-state index is 0.281. The molecule has 1 aromatic carbocycles. The summed E-state index contributed by atoms with van der Waals surface area (Å²) in [6.07, 6.45) is 0. The summed E-state index contributed by atoms with van der Waals surface area (Å²) in [7, 11) is 0. The first kappa shape index (κ1) is 9.63. The number of halogens is 1. The van der Waals surface area contributed by atoms with Crippen LogP contribution in [0.1, 0.15) is 10.4 Å². The third kappa shape index (κ3) is 2.88. The van der Waals surface area contributed by atoms with Gasteiger partial charge in [0.2, 0.25) is 0 Å². The SMILES string of the molecule is N#CSCC(Br)c1ccccc1. The van der Waals surface area contributed by atoms with Crippen LogP contribution in [-0.2, 0) is 0 Å². The number of hydrogen-bond acceptors (Lipinski definition) is 2. The molecule has 0 fully saturated rings. The first-order chi connectivity index (χ1) is 5.84. The van der Waals surface area contributed by atoms with Crippen molar-refractivity contribution in [3.05, 3.63) is 35.9 Å². The molecule has 0 radical (unpaired) electrons. The van der Waals surface area contributed by atoms with Crippen molar-refractivity contribution in [1.29, 1.82) is 5.26 Å². The van der Waals surface area contributed by atoms with E-state index in [1.165, 1.54) is 17.3 Å². The third-order valence-electron chi connectivity index (χ3n) is 1.46. The summed E-state index contributed by atoms with van der Waals surface area (Å²) in [5.41, 5.74) is 1.22. The predicted molar refractivity (Wildman–Crippen MR) is 56.2 cm³/mol. The quantitative estimate of drug-likeness (QED) is 0.599. The molecule has 1 aromatic rings. The predicted octanol–water partition coefficient (Wildman–Crippen LogP) is 3.34. The van der Waals surface area contributed by atoms with Gasteiger partial charge in [0.25, 0.3) is 0 Å². The second-order valence-corrected chi connectivity index (χ2v) is 4.19. The molecule has 1 unspecified atom stereocenters. The third-order valence-corrected chi connectivity index (χ3v) is 3.37. The fourth-order valence-electron chi connectivity index (χ4n) is 0.869. The number of nitriles is 1. The molecule has 0 amide bonds. The van der Waals surface area contributed by atoms with Gasteiger partial charge in [0.05, 0.1) is 0 Å². The number of benzene rings is 1. The fourth-order valence-corrected chi connectivity index (χ4v) is 1.98. The summed E-state index contributed by atoms with van der Waals surface area (Å²) in [6, 6.07) is 10.1. The lowest BCUT2D eigenvalue weighted by Crippen LogP contribution is -1.91. The average molecular weight is 242 g/mol. The topological polar surface area (TPSA) is 23.8 Å². The molecule has 0 saturated carbocycles.